The number of benzene rings is 3. The van der Waals surface area contributed by atoms with Gasteiger partial charge in [0.2, 0.25) is 5.06 Å². The molecular weight excluding hydrogens is 398 g/mol. The molecule has 2 heterocycles. The SMILES string of the molecule is Cc1ccc2c(c1)Oc1sc3c(C)cccc3c1N2c1c(C)cc(C(C)(C)C)cc1C. The van der Waals surface area contributed by atoms with Crippen LogP contribution in [0.5, 0.6) is 10.8 Å². The molecule has 1 aromatic heterocycles. The summed E-state index contributed by atoms with van der Waals surface area (Å²) in [7, 11) is 0. The van der Waals surface area contributed by atoms with Crippen LogP contribution in [0.3, 0.4) is 0 Å². The average molecular weight is 428 g/mol. The third-order valence-corrected chi connectivity index (χ3v) is 7.43. The Balaban J connectivity index is 1.84. The van der Waals surface area contributed by atoms with E-state index in [1.54, 1.807) is 11.3 Å². The van der Waals surface area contributed by atoms with Gasteiger partial charge < -0.3 is 9.64 Å². The van der Waals surface area contributed by atoms with Crippen molar-refractivity contribution in [3.05, 3.63) is 76.3 Å². The second kappa shape index (κ2) is 6.86. The molecule has 0 saturated carbocycles. The van der Waals surface area contributed by atoms with Gasteiger partial charge >= 0.3 is 0 Å². The van der Waals surface area contributed by atoms with Crippen molar-refractivity contribution in [2.24, 2.45) is 0 Å². The van der Waals surface area contributed by atoms with Gasteiger partial charge in [0.05, 0.1) is 11.4 Å². The van der Waals surface area contributed by atoms with E-state index in [1.807, 2.05) is 0 Å². The van der Waals surface area contributed by atoms with Gasteiger partial charge in [0.1, 0.15) is 5.69 Å². The number of thiophene rings is 1. The standard InChI is InChI=1S/C28H29NOS/c1-16-11-12-22-23(13-16)30-27-25(21-10-8-9-17(2)26(21)31-27)29(22)24-18(3)14-20(15-19(24)4)28(5,6)7/h8-15H,1-7H3. The monoisotopic (exact) mass is 427 g/mol. The second-order valence-electron chi connectivity index (χ2n) is 9.81. The van der Waals surface area contributed by atoms with Crippen LogP contribution in [-0.2, 0) is 5.41 Å². The van der Waals surface area contributed by atoms with Crippen LogP contribution in [0.15, 0.2) is 48.5 Å². The highest BCUT2D eigenvalue weighted by molar-refractivity contribution is 7.21. The quantitative estimate of drug-likeness (QED) is 0.264. The highest BCUT2D eigenvalue weighted by Crippen LogP contribution is 2.58. The van der Waals surface area contributed by atoms with Gasteiger partial charge in [0.15, 0.2) is 5.75 Å². The first kappa shape index (κ1) is 20.1. The van der Waals surface area contributed by atoms with Crippen molar-refractivity contribution in [3.63, 3.8) is 0 Å². The van der Waals surface area contributed by atoms with Crippen molar-refractivity contribution in [1.82, 2.24) is 0 Å². The minimum absolute atomic E-state index is 0.116. The second-order valence-corrected chi connectivity index (χ2v) is 10.8. The summed E-state index contributed by atoms with van der Waals surface area (Å²) in [6, 6.07) is 17.8. The van der Waals surface area contributed by atoms with Gasteiger partial charge in [-0.3, -0.25) is 0 Å². The molecule has 2 nitrogen and oxygen atoms in total. The summed E-state index contributed by atoms with van der Waals surface area (Å²) in [4.78, 5) is 2.43. The Bertz CT molecular complexity index is 1320. The Morgan fingerprint density at radius 3 is 2.19 bits per heavy atom. The van der Waals surface area contributed by atoms with E-state index >= 15 is 0 Å². The minimum Gasteiger partial charge on any atom is -0.442 e. The van der Waals surface area contributed by atoms with Gasteiger partial charge in [0, 0.05) is 10.1 Å². The third kappa shape index (κ3) is 3.14. The summed E-state index contributed by atoms with van der Waals surface area (Å²) in [6.07, 6.45) is 0. The summed E-state index contributed by atoms with van der Waals surface area (Å²) < 4.78 is 7.78. The number of fused-ring (bicyclic) bond motifs is 4. The van der Waals surface area contributed by atoms with E-state index in [1.165, 1.54) is 43.6 Å². The number of nitrogens with zero attached hydrogens (tertiary/aromatic N) is 1. The third-order valence-electron chi connectivity index (χ3n) is 6.22. The number of hydrogen-bond donors (Lipinski definition) is 0. The zero-order chi connectivity index (χ0) is 22.1. The van der Waals surface area contributed by atoms with Crippen molar-refractivity contribution in [3.8, 4) is 10.8 Å². The summed E-state index contributed by atoms with van der Waals surface area (Å²) in [6.45, 7) is 15.6. The first-order chi connectivity index (χ1) is 14.6. The van der Waals surface area contributed by atoms with E-state index in [-0.39, 0.29) is 5.41 Å². The fraction of sp³-hybridized carbons (Fsp3) is 0.286. The van der Waals surface area contributed by atoms with Gasteiger partial charge in [-0.2, -0.15) is 0 Å². The Hall–Kier alpha value is -2.78. The molecule has 4 aromatic rings. The molecule has 158 valence electrons. The molecular formula is C28H29NOS. The molecule has 1 aliphatic heterocycles. The number of ether oxygens (including phenoxy) is 1. The fourth-order valence-electron chi connectivity index (χ4n) is 4.59. The Morgan fingerprint density at radius 2 is 1.52 bits per heavy atom. The van der Waals surface area contributed by atoms with E-state index < -0.39 is 0 Å². The minimum atomic E-state index is 0.116. The normalized spacial score (nSPS) is 13.2. The van der Waals surface area contributed by atoms with Crippen molar-refractivity contribution in [2.75, 3.05) is 4.90 Å². The van der Waals surface area contributed by atoms with Gasteiger partial charge in [0.25, 0.3) is 0 Å². The highest BCUT2D eigenvalue weighted by Gasteiger charge is 2.32. The van der Waals surface area contributed by atoms with Gasteiger partial charge in [-0.15, -0.1) is 0 Å². The fourth-order valence-corrected chi connectivity index (χ4v) is 5.71. The molecule has 0 atom stereocenters. The molecule has 0 spiro atoms. The maximum Gasteiger partial charge on any atom is 0.206 e. The molecule has 0 N–H and O–H groups in total. The van der Waals surface area contributed by atoms with E-state index in [0.717, 1.165) is 22.2 Å². The Labute approximate surface area is 189 Å². The maximum atomic E-state index is 6.48. The van der Waals surface area contributed by atoms with Crippen LogP contribution in [0, 0.1) is 27.7 Å². The number of aryl methyl sites for hydroxylation is 4. The van der Waals surface area contributed by atoms with Gasteiger partial charge in [-0.25, -0.2) is 0 Å². The Kier molecular flexibility index (Phi) is 4.46. The molecule has 0 saturated heterocycles. The molecule has 5 rings (SSSR count). The molecule has 0 bridgehead atoms. The van der Waals surface area contributed by atoms with Crippen molar-refractivity contribution < 1.29 is 4.74 Å². The van der Waals surface area contributed by atoms with Crippen LogP contribution in [0.25, 0.3) is 10.1 Å². The van der Waals surface area contributed by atoms with Crippen molar-refractivity contribution in [2.45, 2.75) is 53.9 Å². The molecule has 0 amide bonds. The largest absolute Gasteiger partial charge is 0.442 e. The average Bonchev–Trinajstić information content (AvgIpc) is 3.05. The van der Waals surface area contributed by atoms with Gasteiger partial charge in [-0.05, 0) is 73.1 Å². The predicted molar refractivity (Wildman–Crippen MR) is 134 cm³/mol. The summed E-state index contributed by atoms with van der Waals surface area (Å²) in [5.74, 6) is 0.926. The lowest BCUT2D eigenvalue weighted by Crippen LogP contribution is -2.19. The number of hydrogen-bond acceptors (Lipinski definition) is 3. The molecule has 0 fully saturated rings. The summed E-state index contributed by atoms with van der Waals surface area (Å²) in [5.41, 5.74) is 10.1. The van der Waals surface area contributed by atoms with E-state index in [9.17, 15) is 0 Å². The molecule has 31 heavy (non-hydrogen) atoms. The van der Waals surface area contributed by atoms with Crippen LogP contribution >= 0.6 is 11.3 Å². The molecule has 0 radical (unpaired) electrons. The summed E-state index contributed by atoms with van der Waals surface area (Å²) in [5, 5.41) is 2.23. The van der Waals surface area contributed by atoms with E-state index in [4.69, 9.17) is 4.74 Å². The highest BCUT2D eigenvalue weighted by atomic mass is 32.1. The van der Waals surface area contributed by atoms with E-state index in [2.05, 4.69) is 102 Å². The van der Waals surface area contributed by atoms with Crippen LogP contribution in [0.1, 0.15) is 48.6 Å². The zero-order valence-electron chi connectivity index (χ0n) is 19.4. The molecule has 1 aliphatic rings. The van der Waals surface area contributed by atoms with E-state index in [0.29, 0.717) is 0 Å². The molecule has 3 heteroatoms. The van der Waals surface area contributed by atoms with Crippen molar-refractivity contribution in [1.29, 1.82) is 0 Å². The van der Waals surface area contributed by atoms with Crippen LogP contribution in [0.2, 0.25) is 0 Å². The van der Waals surface area contributed by atoms with Crippen LogP contribution < -0.4 is 9.64 Å². The lowest BCUT2D eigenvalue weighted by atomic mass is 9.84. The zero-order valence-corrected chi connectivity index (χ0v) is 20.2. The smallest absolute Gasteiger partial charge is 0.206 e. The van der Waals surface area contributed by atoms with Crippen molar-refractivity contribution >= 4 is 38.5 Å². The van der Waals surface area contributed by atoms with Gasteiger partial charge in [-0.1, -0.05) is 68.5 Å². The lowest BCUT2D eigenvalue weighted by molar-refractivity contribution is 0.491. The number of rotatable bonds is 1. The first-order valence-corrected chi connectivity index (χ1v) is 11.7. The first-order valence-electron chi connectivity index (χ1n) is 10.9. The van der Waals surface area contributed by atoms with Crippen LogP contribution in [0.4, 0.5) is 17.1 Å². The van der Waals surface area contributed by atoms with Crippen LogP contribution in [-0.4, -0.2) is 0 Å². The molecule has 3 aromatic carbocycles. The predicted octanol–water partition coefficient (Wildman–Crippen LogP) is 9.01. The molecule has 0 aliphatic carbocycles. The topological polar surface area (TPSA) is 12.5 Å². The summed E-state index contributed by atoms with van der Waals surface area (Å²) >= 11 is 1.75. The Morgan fingerprint density at radius 1 is 0.806 bits per heavy atom. The lowest BCUT2D eigenvalue weighted by Gasteiger charge is -2.34. The maximum absolute atomic E-state index is 6.48. The number of anilines is 3. The molecule has 0 unspecified atom stereocenters.